The fraction of sp³-hybridized carbons (Fsp3) is 0.800. The molecule has 0 heterocycles. The Bertz CT molecular complexity index is 127. The van der Waals surface area contributed by atoms with Gasteiger partial charge in [0.05, 0.1) is 0 Å². The highest BCUT2D eigenvalue weighted by atomic mass is 127. The number of hydrogen-bond donors (Lipinski definition) is 1. The Hall–Kier alpha value is 0.0900. The minimum atomic E-state index is -1.07. The summed E-state index contributed by atoms with van der Waals surface area (Å²) in [7, 11) is 0. The van der Waals surface area contributed by atoms with E-state index in [9.17, 15) is 9.18 Å². The Labute approximate surface area is 72.2 Å². The van der Waals surface area contributed by atoms with E-state index in [1.807, 2.05) is 22.6 Å². The van der Waals surface area contributed by atoms with Gasteiger partial charge >= 0.3 is 5.97 Å². The first kappa shape index (κ1) is 10.1. The fourth-order valence-corrected chi connectivity index (χ4v) is 0.802. The lowest BCUT2D eigenvalue weighted by molar-refractivity contribution is -0.154. The number of halogens is 2. The second kappa shape index (κ2) is 4.07. The molecule has 0 aromatic heterocycles. The Morgan fingerprint density at radius 1 is 1.90 bits per heavy atom. The standard InChI is InChI=1S/C5H9FINO2/c1-5(2-6,3-7)4(9)10-8/h2-3,8H2,1H3. The van der Waals surface area contributed by atoms with Crippen molar-refractivity contribution in [1.29, 1.82) is 0 Å². The van der Waals surface area contributed by atoms with Crippen molar-refractivity contribution in [3.05, 3.63) is 0 Å². The third-order valence-electron chi connectivity index (χ3n) is 1.19. The molecule has 5 heteroatoms. The summed E-state index contributed by atoms with van der Waals surface area (Å²) in [5.74, 6) is 3.89. The van der Waals surface area contributed by atoms with E-state index < -0.39 is 18.1 Å². The molecule has 0 amide bonds. The molecule has 1 atom stereocenters. The largest absolute Gasteiger partial charge is 0.373 e. The van der Waals surface area contributed by atoms with Gasteiger partial charge in [0.25, 0.3) is 0 Å². The van der Waals surface area contributed by atoms with E-state index in [1.165, 1.54) is 6.92 Å². The van der Waals surface area contributed by atoms with E-state index in [-0.39, 0.29) is 0 Å². The molecule has 0 spiro atoms. The zero-order valence-corrected chi connectivity index (χ0v) is 7.72. The van der Waals surface area contributed by atoms with Crippen molar-refractivity contribution in [3.8, 4) is 0 Å². The van der Waals surface area contributed by atoms with Gasteiger partial charge in [-0.1, -0.05) is 22.6 Å². The number of carbonyl (C=O) groups excluding carboxylic acids is 1. The lowest BCUT2D eigenvalue weighted by Gasteiger charge is -2.18. The summed E-state index contributed by atoms with van der Waals surface area (Å²) in [6.07, 6.45) is 0. The summed E-state index contributed by atoms with van der Waals surface area (Å²) in [6, 6.07) is 0. The predicted molar refractivity (Wildman–Crippen MR) is 43.2 cm³/mol. The molecule has 0 aliphatic rings. The molecule has 0 aromatic rings. The zero-order valence-electron chi connectivity index (χ0n) is 5.56. The molecule has 0 rings (SSSR count). The maximum atomic E-state index is 12.1. The lowest BCUT2D eigenvalue weighted by atomic mass is 9.96. The van der Waals surface area contributed by atoms with Crippen LogP contribution in [-0.2, 0) is 9.63 Å². The molecule has 0 saturated heterocycles. The van der Waals surface area contributed by atoms with Gasteiger partial charge in [-0.2, -0.15) is 5.90 Å². The molecule has 60 valence electrons. The van der Waals surface area contributed by atoms with Crippen LogP contribution >= 0.6 is 22.6 Å². The van der Waals surface area contributed by atoms with Crippen LogP contribution in [-0.4, -0.2) is 17.1 Å². The van der Waals surface area contributed by atoms with Crippen LogP contribution in [0.2, 0.25) is 0 Å². The third-order valence-corrected chi connectivity index (χ3v) is 2.87. The van der Waals surface area contributed by atoms with Crippen molar-refractivity contribution < 1.29 is 14.0 Å². The highest BCUT2D eigenvalue weighted by Gasteiger charge is 2.33. The lowest BCUT2D eigenvalue weighted by Crippen LogP contribution is -2.35. The summed E-state index contributed by atoms with van der Waals surface area (Å²) < 4.78 is 12.5. The van der Waals surface area contributed by atoms with E-state index in [0.717, 1.165) is 0 Å². The Balaban J connectivity index is 4.17. The maximum Gasteiger partial charge on any atom is 0.333 e. The minimum absolute atomic E-state index is 0.358. The summed E-state index contributed by atoms with van der Waals surface area (Å²) >= 11 is 1.91. The van der Waals surface area contributed by atoms with Crippen LogP contribution in [0.15, 0.2) is 0 Å². The molecule has 0 aliphatic carbocycles. The number of alkyl halides is 2. The minimum Gasteiger partial charge on any atom is -0.373 e. The second-order valence-electron chi connectivity index (χ2n) is 2.23. The van der Waals surface area contributed by atoms with Crippen LogP contribution in [0.25, 0.3) is 0 Å². The highest BCUT2D eigenvalue weighted by molar-refractivity contribution is 14.1. The van der Waals surface area contributed by atoms with Crippen LogP contribution in [0.3, 0.4) is 0 Å². The Morgan fingerprint density at radius 2 is 2.40 bits per heavy atom. The van der Waals surface area contributed by atoms with Gasteiger partial charge in [0.2, 0.25) is 0 Å². The molecule has 10 heavy (non-hydrogen) atoms. The summed E-state index contributed by atoms with van der Waals surface area (Å²) in [6.45, 7) is 0.723. The van der Waals surface area contributed by atoms with Crippen LogP contribution in [0, 0.1) is 5.41 Å². The van der Waals surface area contributed by atoms with Gasteiger partial charge in [0.15, 0.2) is 0 Å². The van der Waals surface area contributed by atoms with Crippen molar-refractivity contribution in [1.82, 2.24) is 0 Å². The topological polar surface area (TPSA) is 52.3 Å². The van der Waals surface area contributed by atoms with Crippen molar-refractivity contribution in [2.75, 3.05) is 11.1 Å². The first-order valence-electron chi connectivity index (χ1n) is 2.64. The first-order chi connectivity index (χ1) is 4.60. The number of carbonyl (C=O) groups is 1. The molecule has 2 N–H and O–H groups in total. The number of rotatable bonds is 3. The highest BCUT2D eigenvalue weighted by Crippen LogP contribution is 2.21. The fourth-order valence-electron chi connectivity index (χ4n) is 0.287. The monoisotopic (exact) mass is 261 g/mol. The molecule has 0 bridgehead atoms. The van der Waals surface area contributed by atoms with Gasteiger partial charge in [-0.25, -0.2) is 9.18 Å². The summed E-state index contributed by atoms with van der Waals surface area (Å²) in [4.78, 5) is 14.6. The molecule has 3 nitrogen and oxygen atoms in total. The second-order valence-corrected chi connectivity index (χ2v) is 3.00. The molecule has 1 unspecified atom stereocenters. The normalized spacial score (nSPS) is 16.0. The van der Waals surface area contributed by atoms with E-state index in [4.69, 9.17) is 0 Å². The molecule has 0 fully saturated rings. The average molecular weight is 261 g/mol. The molecule has 0 aromatic carbocycles. The molecular formula is C5H9FINO2. The first-order valence-corrected chi connectivity index (χ1v) is 4.16. The van der Waals surface area contributed by atoms with Crippen LogP contribution in [0.4, 0.5) is 4.39 Å². The molecule has 0 saturated carbocycles. The van der Waals surface area contributed by atoms with E-state index in [2.05, 4.69) is 10.7 Å². The summed E-state index contributed by atoms with van der Waals surface area (Å²) in [5, 5.41) is 0. The van der Waals surface area contributed by atoms with Crippen LogP contribution in [0.5, 0.6) is 0 Å². The number of nitrogens with two attached hydrogens (primary N) is 1. The van der Waals surface area contributed by atoms with Gasteiger partial charge in [-0.15, -0.1) is 0 Å². The number of hydrogen-bond acceptors (Lipinski definition) is 3. The van der Waals surface area contributed by atoms with Gasteiger partial charge in [0.1, 0.15) is 12.1 Å². The Morgan fingerprint density at radius 3 is 2.50 bits per heavy atom. The maximum absolute atomic E-state index is 12.1. The Kier molecular flexibility index (Phi) is 4.11. The average Bonchev–Trinajstić information content (AvgIpc) is 2.01. The predicted octanol–water partition coefficient (Wildman–Crippen LogP) is 0.814. The van der Waals surface area contributed by atoms with E-state index in [1.54, 1.807) is 0 Å². The SMILES string of the molecule is CC(CF)(CI)C(=O)ON. The van der Waals surface area contributed by atoms with E-state index in [0.29, 0.717) is 4.43 Å². The molecular weight excluding hydrogens is 252 g/mol. The van der Waals surface area contributed by atoms with E-state index >= 15 is 0 Å². The molecule has 0 aliphatic heterocycles. The van der Waals surface area contributed by atoms with Gasteiger partial charge in [-0.3, -0.25) is 0 Å². The summed E-state index contributed by atoms with van der Waals surface area (Å²) in [5.41, 5.74) is -1.07. The van der Waals surface area contributed by atoms with Crippen molar-refractivity contribution in [2.24, 2.45) is 11.3 Å². The smallest absolute Gasteiger partial charge is 0.333 e. The zero-order chi connectivity index (χ0) is 8.20. The van der Waals surface area contributed by atoms with Crippen LogP contribution in [0.1, 0.15) is 6.92 Å². The van der Waals surface area contributed by atoms with Crippen LogP contribution < -0.4 is 5.90 Å². The third kappa shape index (κ3) is 2.05. The quantitative estimate of drug-likeness (QED) is 0.464. The van der Waals surface area contributed by atoms with Gasteiger partial charge in [0, 0.05) is 4.43 Å². The van der Waals surface area contributed by atoms with Gasteiger partial charge < -0.3 is 4.84 Å². The van der Waals surface area contributed by atoms with Gasteiger partial charge in [-0.05, 0) is 6.92 Å². The van der Waals surface area contributed by atoms with Crippen molar-refractivity contribution in [2.45, 2.75) is 6.92 Å². The van der Waals surface area contributed by atoms with Crippen molar-refractivity contribution >= 4 is 28.6 Å². The molecule has 0 radical (unpaired) electrons. The van der Waals surface area contributed by atoms with Crippen molar-refractivity contribution in [3.63, 3.8) is 0 Å².